The third-order valence-electron chi connectivity index (χ3n) is 3.90. The molecule has 0 atom stereocenters. The fraction of sp³-hybridized carbons (Fsp3) is 0.250. The number of benzene rings is 1. The van der Waals surface area contributed by atoms with Crippen molar-refractivity contribution >= 4 is 29.1 Å². The molecule has 2 aromatic rings. The summed E-state index contributed by atoms with van der Waals surface area (Å²) in [7, 11) is 1.59. The second-order valence-electron chi connectivity index (χ2n) is 6.12. The Morgan fingerprint density at radius 2 is 1.81 bits per heavy atom. The molecule has 0 saturated carbocycles. The first-order valence-electron chi connectivity index (χ1n) is 8.32. The van der Waals surface area contributed by atoms with Gasteiger partial charge in [0.2, 0.25) is 0 Å². The van der Waals surface area contributed by atoms with Gasteiger partial charge in [0.1, 0.15) is 5.75 Å². The zero-order valence-electron chi connectivity index (χ0n) is 14.9. The van der Waals surface area contributed by atoms with E-state index in [-0.39, 0.29) is 23.6 Å². The van der Waals surface area contributed by atoms with Crippen LogP contribution >= 0.6 is 11.8 Å². The molecule has 6 heteroatoms. The van der Waals surface area contributed by atoms with E-state index in [1.54, 1.807) is 37.6 Å². The van der Waals surface area contributed by atoms with Gasteiger partial charge in [0.15, 0.2) is 0 Å². The number of thioether (sulfide) groups is 1. The molecule has 0 radical (unpaired) electrons. The van der Waals surface area contributed by atoms with Gasteiger partial charge in [0, 0.05) is 11.4 Å². The van der Waals surface area contributed by atoms with Gasteiger partial charge in [-0.1, -0.05) is 32.0 Å². The van der Waals surface area contributed by atoms with Crippen molar-refractivity contribution < 1.29 is 14.3 Å². The van der Waals surface area contributed by atoms with Crippen molar-refractivity contribution in [2.24, 2.45) is 0 Å². The first-order valence-corrected chi connectivity index (χ1v) is 9.20. The molecule has 0 aliphatic carbocycles. The van der Waals surface area contributed by atoms with Gasteiger partial charge in [-0.05, 0) is 29.8 Å². The van der Waals surface area contributed by atoms with Crippen LogP contribution in [0.4, 0.5) is 0 Å². The lowest BCUT2D eigenvalue weighted by atomic mass is 10.1. The molecular weight excluding hydrogens is 348 g/mol. The van der Waals surface area contributed by atoms with Crippen molar-refractivity contribution in [1.29, 1.82) is 0 Å². The standard InChI is InChI=1S/C20H20N2O3S/c1-13(2)26-18-17(14-7-9-16(25-3)10-8-14)19(23)22(20(18)24)12-15-6-4-5-11-21-15/h4-11,13H,12H2,1-3H3. The Hall–Kier alpha value is -2.60. The Kier molecular flexibility index (Phi) is 5.42. The van der Waals surface area contributed by atoms with E-state index < -0.39 is 0 Å². The van der Waals surface area contributed by atoms with Crippen LogP contribution in [0.3, 0.4) is 0 Å². The number of ether oxygens (including phenoxy) is 1. The van der Waals surface area contributed by atoms with Crippen molar-refractivity contribution in [3.8, 4) is 5.75 Å². The van der Waals surface area contributed by atoms with E-state index in [4.69, 9.17) is 4.74 Å². The minimum atomic E-state index is -0.283. The quantitative estimate of drug-likeness (QED) is 0.730. The van der Waals surface area contributed by atoms with Crippen molar-refractivity contribution in [3.05, 3.63) is 64.8 Å². The van der Waals surface area contributed by atoms with Crippen LogP contribution < -0.4 is 4.74 Å². The Morgan fingerprint density at radius 3 is 2.38 bits per heavy atom. The molecule has 1 aromatic heterocycles. The normalized spacial score (nSPS) is 14.5. The Labute approximate surface area is 157 Å². The number of carbonyl (C=O) groups excluding carboxylic acids is 2. The van der Waals surface area contributed by atoms with Crippen LogP contribution in [-0.4, -0.2) is 34.1 Å². The highest BCUT2D eigenvalue weighted by molar-refractivity contribution is 8.04. The summed E-state index contributed by atoms with van der Waals surface area (Å²) in [5, 5.41) is 0.185. The fourth-order valence-corrected chi connectivity index (χ4v) is 3.71. The van der Waals surface area contributed by atoms with E-state index in [1.165, 1.54) is 16.7 Å². The average molecular weight is 368 g/mol. The largest absolute Gasteiger partial charge is 0.497 e. The summed E-state index contributed by atoms with van der Waals surface area (Å²) in [6.45, 7) is 4.17. The smallest absolute Gasteiger partial charge is 0.268 e. The fourth-order valence-electron chi connectivity index (χ4n) is 2.71. The second-order valence-corrected chi connectivity index (χ2v) is 7.70. The molecule has 2 heterocycles. The van der Waals surface area contributed by atoms with Gasteiger partial charge in [-0.2, -0.15) is 0 Å². The molecule has 5 nitrogen and oxygen atoms in total. The molecule has 26 heavy (non-hydrogen) atoms. The number of methoxy groups -OCH3 is 1. The molecule has 3 rings (SSSR count). The third kappa shape index (κ3) is 3.65. The van der Waals surface area contributed by atoms with E-state index in [1.807, 2.05) is 32.0 Å². The Morgan fingerprint density at radius 1 is 1.08 bits per heavy atom. The number of hydrogen-bond acceptors (Lipinski definition) is 5. The molecule has 1 aromatic carbocycles. The van der Waals surface area contributed by atoms with Crippen LogP contribution in [0, 0.1) is 0 Å². The minimum absolute atomic E-state index is 0.167. The molecule has 0 unspecified atom stereocenters. The van der Waals surface area contributed by atoms with Gasteiger partial charge in [-0.25, -0.2) is 0 Å². The summed E-state index contributed by atoms with van der Waals surface area (Å²) >= 11 is 1.42. The lowest BCUT2D eigenvalue weighted by Gasteiger charge is -2.14. The van der Waals surface area contributed by atoms with E-state index in [2.05, 4.69) is 4.98 Å². The maximum absolute atomic E-state index is 13.0. The number of nitrogens with zero attached hydrogens (tertiary/aromatic N) is 2. The van der Waals surface area contributed by atoms with Gasteiger partial charge in [0.05, 0.1) is 29.8 Å². The molecule has 0 spiro atoms. The summed E-state index contributed by atoms with van der Waals surface area (Å²) in [6, 6.07) is 12.7. The predicted octanol–water partition coefficient (Wildman–Crippen LogP) is 3.51. The van der Waals surface area contributed by atoms with E-state index in [0.717, 1.165) is 5.56 Å². The highest BCUT2D eigenvalue weighted by Gasteiger charge is 2.39. The first kappa shape index (κ1) is 18.2. The Bertz CT molecular complexity index is 845. The zero-order chi connectivity index (χ0) is 18.7. The monoisotopic (exact) mass is 368 g/mol. The van der Waals surface area contributed by atoms with Gasteiger partial charge in [0.25, 0.3) is 11.8 Å². The number of rotatable bonds is 6. The van der Waals surface area contributed by atoms with Crippen LogP contribution in [0.5, 0.6) is 5.75 Å². The SMILES string of the molecule is COc1ccc(C2=C(SC(C)C)C(=O)N(Cc3ccccn3)C2=O)cc1. The van der Waals surface area contributed by atoms with Crippen molar-refractivity contribution in [2.45, 2.75) is 25.6 Å². The molecule has 0 N–H and O–H groups in total. The topological polar surface area (TPSA) is 59.5 Å². The van der Waals surface area contributed by atoms with Gasteiger partial charge in [-0.15, -0.1) is 11.8 Å². The molecule has 1 aliphatic rings. The van der Waals surface area contributed by atoms with Gasteiger partial charge >= 0.3 is 0 Å². The minimum Gasteiger partial charge on any atom is -0.497 e. The zero-order valence-corrected chi connectivity index (χ0v) is 15.7. The van der Waals surface area contributed by atoms with Crippen molar-refractivity contribution in [3.63, 3.8) is 0 Å². The highest BCUT2D eigenvalue weighted by atomic mass is 32.2. The molecule has 0 bridgehead atoms. The lowest BCUT2D eigenvalue weighted by molar-refractivity contribution is -0.137. The molecule has 2 amide bonds. The van der Waals surface area contributed by atoms with E-state index >= 15 is 0 Å². The lowest BCUT2D eigenvalue weighted by Crippen LogP contribution is -2.31. The number of hydrogen-bond donors (Lipinski definition) is 0. The predicted molar refractivity (Wildman–Crippen MR) is 102 cm³/mol. The second kappa shape index (κ2) is 7.74. The first-order chi connectivity index (χ1) is 12.5. The summed E-state index contributed by atoms with van der Waals surface area (Å²) in [4.78, 5) is 32.0. The van der Waals surface area contributed by atoms with Gasteiger partial charge in [-0.3, -0.25) is 19.5 Å². The summed E-state index contributed by atoms with van der Waals surface area (Å²) < 4.78 is 5.18. The van der Waals surface area contributed by atoms with Crippen LogP contribution in [0.2, 0.25) is 0 Å². The van der Waals surface area contributed by atoms with Crippen molar-refractivity contribution in [1.82, 2.24) is 9.88 Å². The Balaban J connectivity index is 1.97. The van der Waals surface area contributed by atoms with Crippen LogP contribution in [0.1, 0.15) is 25.1 Å². The van der Waals surface area contributed by atoms with Crippen molar-refractivity contribution in [2.75, 3.05) is 7.11 Å². The number of carbonyl (C=O) groups is 2. The maximum atomic E-state index is 13.0. The summed E-state index contributed by atoms with van der Waals surface area (Å²) in [6.07, 6.45) is 1.65. The summed E-state index contributed by atoms with van der Waals surface area (Å²) in [5.41, 5.74) is 1.85. The third-order valence-corrected chi connectivity index (χ3v) is 4.99. The molecule has 0 saturated heterocycles. The molecule has 1 aliphatic heterocycles. The molecular formula is C20H20N2O3S. The van der Waals surface area contributed by atoms with Crippen LogP contribution in [-0.2, 0) is 16.1 Å². The maximum Gasteiger partial charge on any atom is 0.268 e. The number of amides is 2. The van der Waals surface area contributed by atoms with E-state index in [0.29, 0.717) is 21.9 Å². The molecule has 0 fully saturated rings. The molecule has 134 valence electrons. The van der Waals surface area contributed by atoms with Gasteiger partial charge < -0.3 is 4.74 Å². The van der Waals surface area contributed by atoms with Crippen LogP contribution in [0.15, 0.2) is 53.6 Å². The highest BCUT2D eigenvalue weighted by Crippen LogP contribution is 2.38. The van der Waals surface area contributed by atoms with E-state index in [9.17, 15) is 9.59 Å². The summed E-state index contributed by atoms with van der Waals surface area (Å²) in [5.74, 6) is 0.161. The van der Waals surface area contributed by atoms with Crippen LogP contribution in [0.25, 0.3) is 5.57 Å². The number of aromatic nitrogens is 1. The average Bonchev–Trinajstić information content (AvgIpc) is 2.87. The number of pyridine rings is 1. The number of imide groups is 1.